The van der Waals surface area contributed by atoms with Gasteiger partial charge in [-0.1, -0.05) is 96.8 Å². The number of nitrogens with zero attached hydrogens (tertiary/aromatic N) is 3. The lowest BCUT2D eigenvalue weighted by molar-refractivity contribution is 0.147. The van der Waals surface area contributed by atoms with E-state index in [2.05, 4.69) is 16.8 Å². The molecule has 7 nitrogen and oxygen atoms in total. The predicted molar refractivity (Wildman–Crippen MR) is 143 cm³/mol. The molecule has 0 bridgehead atoms. The van der Waals surface area contributed by atoms with E-state index in [9.17, 15) is 14.7 Å². The highest BCUT2D eigenvalue weighted by molar-refractivity contribution is 5.71. The lowest BCUT2D eigenvalue weighted by Crippen LogP contribution is -2.32. The minimum Gasteiger partial charge on any atom is -0.393 e. The standard InChI is InChI=1S/C27H50N4O3/c1-4-5-6-7-8-10-13-16-19-23(32)20-17-14-11-9-12-15-18-21-31-22-29(2)24-25(33)28-27(34)30(3)26(24)31/h23,32H,4-22H2,1-3H3,(H,28,33,34). The molecule has 1 aromatic rings. The Balaban J connectivity index is 1.46. The smallest absolute Gasteiger partial charge is 0.329 e. The zero-order valence-corrected chi connectivity index (χ0v) is 22.1. The second-order valence-electron chi connectivity index (χ2n) is 10.3. The van der Waals surface area contributed by atoms with Gasteiger partial charge in [0.15, 0.2) is 0 Å². The van der Waals surface area contributed by atoms with Crippen LogP contribution in [0.4, 0.5) is 11.5 Å². The van der Waals surface area contributed by atoms with Crippen molar-refractivity contribution < 1.29 is 5.11 Å². The average Bonchev–Trinajstić information content (AvgIpc) is 3.14. The summed E-state index contributed by atoms with van der Waals surface area (Å²) < 4.78 is 1.54. The summed E-state index contributed by atoms with van der Waals surface area (Å²) in [7, 11) is 3.61. The van der Waals surface area contributed by atoms with E-state index >= 15 is 0 Å². The third kappa shape index (κ3) is 9.47. The van der Waals surface area contributed by atoms with E-state index in [1.165, 1.54) is 77.0 Å². The molecule has 2 heterocycles. The van der Waals surface area contributed by atoms with Gasteiger partial charge in [-0.15, -0.1) is 0 Å². The highest BCUT2D eigenvalue weighted by Gasteiger charge is 2.28. The van der Waals surface area contributed by atoms with Crippen LogP contribution in [0.3, 0.4) is 0 Å². The Morgan fingerprint density at radius 3 is 1.85 bits per heavy atom. The molecular weight excluding hydrogens is 428 g/mol. The van der Waals surface area contributed by atoms with Crippen LogP contribution < -0.4 is 21.0 Å². The van der Waals surface area contributed by atoms with E-state index in [1.807, 2.05) is 11.9 Å². The minimum absolute atomic E-state index is 0.107. The van der Waals surface area contributed by atoms with Gasteiger partial charge in [-0.2, -0.15) is 0 Å². The topological polar surface area (TPSA) is 81.6 Å². The first kappa shape index (κ1) is 28.5. The summed E-state index contributed by atoms with van der Waals surface area (Å²) in [4.78, 5) is 30.5. The molecule has 1 aliphatic heterocycles. The molecule has 196 valence electrons. The van der Waals surface area contributed by atoms with Crippen molar-refractivity contribution in [2.45, 2.75) is 122 Å². The first-order chi connectivity index (χ1) is 16.5. The number of fused-ring (bicyclic) bond motifs is 1. The highest BCUT2D eigenvalue weighted by atomic mass is 16.3. The maximum absolute atomic E-state index is 12.1. The summed E-state index contributed by atoms with van der Waals surface area (Å²) in [5, 5.41) is 10.2. The van der Waals surface area contributed by atoms with Crippen molar-refractivity contribution in [3.8, 4) is 0 Å². The maximum atomic E-state index is 12.1. The summed E-state index contributed by atoms with van der Waals surface area (Å²) in [5.74, 6) is 0.738. The molecule has 34 heavy (non-hydrogen) atoms. The Morgan fingerprint density at radius 2 is 1.29 bits per heavy atom. The van der Waals surface area contributed by atoms with Crippen molar-refractivity contribution in [2.75, 3.05) is 30.1 Å². The Labute approximate surface area is 206 Å². The Morgan fingerprint density at radius 1 is 0.794 bits per heavy atom. The van der Waals surface area contributed by atoms with Gasteiger partial charge < -0.3 is 14.9 Å². The van der Waals surface area contributed by atoms with Crippen LogP contribution >= 0.6 is 0 Å². The molecule has 0 fully saturated rings. The molecule has 2 N–H and O–H groups in total. The third-order valence-corrected chi connectivity index (χ3v) is 7.19. The van der Waals surface area contributed by atoms with Crippen LogP contribution in [0, 0.1) is 0 Å². The molecule has 2 rings (SSSR count). The molecule has 1 aliphatic rings. The molecule has 0 aromatic carbocycles. The number of anilines is 2. The van der Waals surface area contributed by atoms with Gasteiger partial charge in [0.05, 0.1) is 12.8 Å². The zero-order valence-electron chi connectivity index (χ0n) is 22.1. The fourth-order valence-electron chi connectivity index (χ4n) is 5.10. The van der Waals surface area contributed by atoms with Crippen LogP contribution in [0.2, 0.25) is 0 Å². The largest absolute Gasteiger partial charge is 0.393 e. The fourth-order valence-corrected chi connectivity index (χ4v) is 5.10. The number of H-pyrrole nitrogens is 1. The number of rotatable bonds is 19. The van der Waals surface area contributed by atoms with Crippen molar-refractivity contribution in [3.05, 3.63) is 20.8 Å². The number of unbranched alkanes of at least 4 members (excludes halogenated alkanes) is 13. The van der Waals surface area contributed by atoms with Crippen LogP contribution in [-0.2, 0) is 7.05 Å². The van der Waals surface area contributed by atoms with Gasteiger partial charge in [-0.3, -0.25) is 14.3 Å². The summed E-state index contributed by atoms with van der Waals surface area (Å²) in [6.07, 6.45) is 20.7. The van der Waals surface area contributed by atoms with Crippen LogP contribution in [0.15, 0.2) is 9.59 Å². The maximum Gasteiger partial charge on any atom is 0.329 e. The molecule has 1 unspecified atom stereocenters. The first-order valence-corrected chi connectivity index (χ1v) is 13.9. The van der Waals surface area contributed by atoms with E-state index in [0.29, 0.717) is 12.4 Å². The summed E-state index contributed by atoms with van der Waals surface area (Å²) in [6, 6.07) is 0. The minimum atomic E-state index is -0.355. The quantitative estimate of drug-likeness (QED) is 0.264. The van der Waals surface area contributed by atoms with Gasteiger partial charge in [0.25, 0.3) is 5.56 Å². The van der Waals surface area contributed by atoms with E-state index in [-0.39, 0.29) is 17.4 Å². The van der Waals surface area contributed by atoms with E-state index in [4.69, 9.17) is 0 Å². The summed E-state index contributed by atoms with van der Waals surface area (Å²) >= 11 is 0. The molecule has 1 atom stereocenters. The second kappa shape index (κ2) is 16.0. The second-order valence-corrected chi connectivity index (χ2v) is 10.3. The number of hydrogen-bond acceptors (Lipinski definition) is 5. The SMILES string of the molecule is CCCCCCCCCCC(O)CCCCCCCCCN1CN(C)c2c1n(C)c(=O)[nH]c2=O. The molecule has 0 saturated carbocycles. The van der Waals surface area contributed by atoms with Gasteiger partial charge in [-0.25, -0.2) is 4.79 Å². The fraction of sp³-hybridized carbons (Fsp3) is 0.852. The predicted octanol–water partition coefficient (Wildman–Crippen LogP) is 5.30. The molecule has 0 saturated heterocycles. The van der Waals surface area contributed by atoms with Crippen molar-refractivity contribution in [1.82, 2.24) is 9.55 Å². The number of aromatic nitrogens is 2. The lowest BCUT2D eigenvalue weighted by Gasteiger charge is -2.20. The van der Waals surface area contributed by atoms with Gasteiger partial charge in [0.1, 0.15) is 11.5 Å². The monoisotopic (exact) mass is 478 g/mol. The molecule has 0 spiro atoms. The number of aliphatic hydroxyl groups is 1. The van der Waals surface area contributed by atoms with Crippen molar-refractivity contribution in [1.29, 1.82) is 0 Å². The van der Waals surface area contributed by atoms with Crippen LogP contribution in [0.25, 0.3) is 0 Å². The van der Waals surface area contributed by atoms with Crippen molar-refractivity contribution in [2.24, 2.45) is 7.05 Å². The van der Waals surface area contributed by atoms with Crippen molar-refractivity contribution >= 4 is 11.5 Å². The first-order valence-electron chi connectivity index (χ1n) is 13.9. The third-order valence-electron chi connectivity index (χ3n) is 7.19. The molecular formula is C27H50N4O3. The van der Waals surface area contributed by atoms with Gasteiger partial charge >= 0.3 is 5.69 Å². The van der Waals surface area contributed by atoms with Crippen LogP contribution in [0.1, 0.15) is 116 Å². The van der Waals surface area contributed by atoms with Gasteiger partial charge in [0, 0.05) is 20.6 Å². The normalized spacial score (nSPS) is 14.1. The van der Waals surface area contributed by atoms with Crippen molar-refractivity contribution in [3.63, 3.8) is 0 Å². The molecule has 0 radical (unpaired) electrons. The Bertz CT molecular complexity index is 804. The highest BCUT2D eigenvalue weighted by Crippen LogP contribution is 2.29. The van der Waals surface area contributed by atoms with E-state index in [0.717, 1.165) is 44.5 Å². The van der Waals surface area contributed by atoms with E-state index in [1.54, 1.807) is 11.6 Å². The average molecular weight is 479 g/mol. The zero-order chi connectivity index (χ0) is 24.8. The van der Waals surface area contributed by atoms with E-state index < -0.39 is 0 Å². The van der Waals surface area contributed by atoms with Gasteiger partial charge in [-0.05, 0) is 19.3 Å². The number of nitrogens with one attached hydrogen (secondary N) is 1. The van der Waals surface area contributed by atoms with Crippen LogP contribution in [0.5, 0.6) is 0 Å². The lowest BCUT2D eigenvalue weighted by atomic mass is 10.0. The molecule has 1 aromatic heterocycles. The Hall–Kier alpha value is -1.76. The molecule has 7 heteroatoms. The number of hydrogen-bond donors (Lipinski definition) is 2. The van der Waals surface area contributed by atoms with Gasteiger partial charge in [0.2, 0.25) is 0 Å². The Kier molecular flexibility index (Phi) is 13.4. The number of aliphatic hydroxyl groups excluding tert-OH is 1. The molecule has 0 amide bonds. The summed E-state index contributed by atoms with van der Waals surface area (Å²) in [5.41, 5.74) is -0.0651. The number of aromatic amines is 1. The van der Waals surface area contributed by atoms with Crippen LogP contribution in [-0.4, -0.2) is 41.0 Å². The molecule has 0 aliphatic carbocycles. The summed E-state index contributed by atoms with van der Waals surface area (Å²) in [6.45, 7) is 3.77.